The van der Waals surface area contributed by atoms with Gasteiger partial charge < -0.3 is 5.32 Å². The highest BCUT2D eigenvalue weighted by molar-refractivity contribution is 5.72. The van der Waals surface area contributed by atoms with Crippen LogP contribution in [0, 0.1) is 0 Å². The van der Waals surface area contributed by atoms with Gasteiger partial charge in [-0.05, 0) is 12.8 Å². The van der Waals surface area contributed by atoms with Crippen LogP contribution in [0.2, 0.25) is 0 Å². The molecule has 0 aromatic carbocycles. The number of carbonyl (C=O) groups excluding carboxylic acids is 1. The number of allylic oxidation sites excluding steroid dienone is 3. The summed E-state index contributed by atoms with van der Waals surface area (Å²) in [6.07, 6.45) is 8.36. The molecule has 0 aromatic heterocycles. The molecule has 0 bridgehead atoms. The number of carbonyl (C=O) groups is 1. The van der Waals surface area contributed by atoms with Gasteiger partial charge in [-0.25, -0.2) is 0 Å². The zero-order chi connectivity index (χ0) is 10.1. The molecule has 1 amide bonds. The Hall–Kier alpha value is -1.05. The number of hydrogen-bond acceptors (Lipinski definition) is 1. The minimum Gasteiger partial charge on any atom is -0.353 e. The van der Waals surface area contributed by atoms with Gasteiger partial charge in [0.25, 0.3) is 0 Å². The minimum atomic E-state index is 0.0159. The second kappa shape index (κ2) is 7.59. The van der Waals surface area contributed by atoms with E-state index in [1.807, 2.05) is 6.08 Å². The van der Waals surface area contributed by atoms with E-state index in [4.69, 9.17) is 0 Å². The lowest BCUT2D eigenvalue weighted by molar-refractivity contribution is -0.118. The van der Waals surface area contributed by atoms with Crippen LogP contribution in [0.3, 0.4) is 0 Å². The average molecular weight is 181 g/mol. The van der Waals surface area contributed by atoms with Crippen LogP contribution in [0.4, 0.5) is 0 Å². The van der Waals surface area contributed by atoms with Gasteiger partial charge in [0.1, 0.15) is 0 Å². The van der Waals surface area contributed by atoms with Crippen LogP contribution in [0.15, 0.2) is 23.8 Å². The van der Waals surface area contributed by atoms with Crippen molar-refractivity contribution in [3.8, 4) is 0 Å². The lowest BCUT2D eigenvalue weighted by Crippen LogP contribution is -2.19. The third-order valence-corrected chi connectivity index (χ3v) is 1.68. The van der Waals surface area contributed by atoms with E-state index in [0.29, 0.717) is 6.54 Å². The van der Waals surface area contributed by atoms with Gasteiger partial charge in [-0.2, -0.15) is 0 Å². The van der Waals surface area contributed by atoms with Gasteiger partial charge in [0.15, 0.2) is 0 Å². The Morgan fingerprint density at radius 2 is 2.08 bits per heavy atom. The van der Waals surface area contributed by atoms with Gasteiger partial charge in [-0.3, -0.25) is 4.79 Å². The van der Waals surface area contributed by atoms with Gasteiger partial charge in [0.2, 0.25) is 5.91 Å². The maximum absolute atomic E-state index is 10.5. The highest BCUT2D eigenvalue weighted by atomic mass is 16.1. The van der Waals surface area contributed by atoms with Crippen LogP contribution in [-0.2, 0) is 4.79 Å². The maximum Gasteiger partial charge on any atom is 0.217 e. The van der Waals surface area contributed by atoms with Crippen molar-refractivity contribution in [2.45, 2.75) is 33.6 Å². The summed E-state index contributed by atoms with van der Waals surface area (Å²) in [5, 5.41) is 2.71. The first-order chi connectivity index (χ1) is 6.20. The molecule has 0 radical (unpaired) electrons. The summed E-state index contributed by atoms with van der Waals surface area (Å²) in [5.74, 6) is 0.0159. The number of rotatable bonds is 5. The van der Waals surface area contributed by atoms with Crippen molar-refractivity contribution < 1.29 is 4.79 Å². The molecule has 0 atom stereocenters. The van der Waals surface area contributed by atoms with Gasteiger partial charge in [0.05, 0.1) is 0 Å². The van der Waals surface area contributed by atoms with Crippen LogP contribution >= 0.6 is 0 Å². The van der Waals surface area contributed by atoms with Crippen LogP contribution < -0.4 is 5.32 Å². The van der Waals surface area contributed by atoms with Crippen molar-refractivity contribution in [2.24, 2.45) is 0 Å². The third kappa shape index (κ3) is 7.32. The highest BCUT2D eigenvalue weighted by Gasteiger charge is 1.87. The first kappa shape index (κ1) is 11.9. The lowest BCUT2D eigenvalue weighted by Gasteiger charge is -1.97. The summed E-state index contributed by atoms with van der Waals surface area (Å²) in [6, 6.07) is 0. The predicted octanol–water partition coefficient (Wildman–Crippen LogP) is 2.43. The zero-order valence-electron chi connectivity index (χ0n) is 8.76. The fraction of sp³-hybridized carbons (Fsp3) is 0.545. The SMILES string of the molecule is CCC=C(C=CCNC(C)=O)CC. The second-order valence-electron chi connectivity index (χ2n) is 2.88. The van der Waals surface area contributed by atoms with E-state index in [1.165, 1.54) is 12.5 Å². The Labute approximate surface area is 80.7 Å². The minimum absolute atomic E-state index is 0.0159. The lowest BCUT2D eigenvalue weighted by atomic mass is 10.1. The van der Waals surface area contributed by atoms with E-state index >= 15 is 0 Å². The third-order valence-electron chi connectivity index (χ3n) is 1.68. The summed E-state index contributed by atoms with van der Waals surface area (Å²) < 4.78 is 0. The fourth-order valence-electron chi connectivity index (χ4n) is 1.01. The van der Waals surface area contributed by atoms with Gasteiger partial charge >= 0.3 is 0 Å². The van der Waals surface area contributed by atoms with Gasteiger partial charge in [0, 0.05) is 13.5 Å². The van der Waals surface area contributed by atoms with Crippen molar-refractivity contribution in [1.82, 2.24) is 5.32 Å². The highest BCUT2D eigenvalue weighted by Crippen LogP contribution is 2.03. The van der Waals surface area contributed by atoms with Crippen LogP contribution in [0.25, 0.3) is 0 Å². The first-order valence-electron chi connectivity index (χ1n) is 4.80. The fourth-order valence-corrected chi connectivity index (χ4v) is 1.01. The van der Waals surface area contributed by atoms with Crippen molar-refractivity contribution in [1.29, 1.82) is 0 Å². The molecule has 0 heterocycles. The van der Waals surface area contributed by atoms with Gasteiger partial charge in [-0.15, -0.1) is 0 Å². The molecular weight excluding hydrogens is 162 g/mol. The van der Waals surface area contributed by atoms with E-state index in [0.717, 1.165) is 12.8 Å². The van der Waals surface area contributed by atoms with Crippen molar-refractivity contribution in [3.05, 3.63) is 23.8 Å². The van der Waals surface area contributed by atoms with Crippen LogP contribution in [-0.4, -0.2) is 12.5 Å². The summed E-state index contributed by atoms with van der Waals surface area (Å²) >= 11 is 0. The molecule has 13 heavy (non-hydrogen) atoms. The molecule has 2 heteroatoms. The molecule has 0 rings (SSSR count). The monoisotopic (exact) mass is 181 g/mol. The van der Waals surface area contributed by atoms with E-state index in [2.05, 4.69) is 31.3 Å². The molecule has 0 aliphatic heterocycles. The molecule has 74 valence electrons. The number of hydrogen-bond donors (Lipinski definition) is 1. The molecule has 0 fully saturated rings. The van der Waals surface area contributed by atoms with Crippen LogP contribution in [0.5, 0.6) is 0 Å². The summed E-state index contributed by atoms with van der Waals surface area (Å²) in [7, 11) is 0. The summed E-state index contributed by atoms with van der Waals surface area (Å²) in [4.78, 5) is 10.5. The second-order valence-corrected chi connectivity index (χ2v) is 2.88. The normalized spacial score (nSPS) is 12.1. The standard InChI is InChI=1S/C11H19NO/c1-4-7-11(5-2)8-6-9-12-10(3)13/h6-8H,4-5,9H2,1-3H3,(H,12,13). The Bertz CT molecular complexity index is 204. The topological polar surface area (TPSA) is 29.1 Å². The Kier molecular flexibility index (Phi) is 6.98. The molecule has 0 spiro atoms. The maximum atomic E-state index is 10.5. The molecule has 0 saturated carbocycles. The Morgan fingerprint density at radius 1 is 1.38 bits per heavy atom. The first-order valence-corrected chi connectivity index (χ1v) is 4.80. The molecule has 0 aromatic rings. The summed E-state index contributed by atoms with van der Waals surface area (Å²) in [6.45, 7) is 6.40. The quantitative estimate of drug-likeness (QED) is 0.648. The predicted molar refractivity (Wildman–Crippen MR) is 56.5 cm³/mol. The van der Waals surface area contributed by atoms with E-state index in [1.54, 1.807) is 0 Å². The van der Waals surface area contributed by atoms with E-state index < -0.39 is 0 Å². The molecule has 2 nitrogen and oxygen atoms in total. The average Bonchev–Trinajstić information content (AvgIpc) is 2.10. The van der Waals surface area contributed by atoms with Crippen molar-refractivity contribution in [3.63, 3.8) is 0 Å². The van der Waals surface area contributed by atoms with Gasteiger partial charge in [-0.1, -0.05) is 37.6 Å². The Morgan fingerprint density at radius 3 is 2.54 bits per heavy atom. The molecule has 0 aliphatic rings. The van der Waals surface area contributed by atoms with Crippen LogP contribution in [0.1, 0.15) is 33.6 Å². The molecule has 1 N–H and O–H groups in total. The Balaban J connectivity index is 3.80. The molecule has 0 saturated heterocycles. The zero-order valence-corrected chi connectivity index (χ0v) is 8.76. The summed E-state index contributed by atoms with van der Waals surface area (Å²) in [5.41, 5.74) is 1.33. The van der Waals surface area contributed by atoms with Crippen molar-refractivity contribution in [2.75, 3.05) is 6.54 Å². The molecule has 0 unspecified atom stereocenters. The number of amides is 1. The number of nitrogens with one attached hydrogen (secondary N) is 1. The van der Waals surface area contributed by atoms with E-state index in [9.17, 15) is 4.79 Å². The van der Waals surface area contributed by atoms with E-state index in [-0.39, 0.29) is 5.91 Å². The molecule has 0 aliphatic carbocycles. The smallest absolute Gasteiger partial charge is 0.217 e. The molecular formula is C11H19NO. The largest absolute Gasteiger partial charge is 0.353 e. The van der Waals surface area contributed by atoms with Crippen molar-refractivity contribution >= 4 is 5.91 Å².